The Balaban J connectivity index is 1.68. The molecule has 0 saturated carbocycles. The molecule has 5 rings (SSSR count). The highest BCUT2D eigenvalue weighted by Crippen LogP contribution is 2.41. The fourth-order valence-corrected chi connectivity index (χ4v) is 4.55. The molecule has 3 aromatic carbocycles. The van der Waals surface area contributed by atoms with Crippen molar-refractivity contribution < 1.29 is 18.7 Å². The predicted octanol–water partition coefficient (Wildman–Crippen LogP) is 5.73. The topological polar surface area (TPSA) is 69.0 Å². The summed E-state index contributed by atoms with van der Waals surface area (Å²) in [5.41, 5.74) is 2.30. The number of rotatable bonds is 8. The summed E-state index contributed by atoms with van der Waals surface area (Å²) in [7, 11) is 0. The van der Waals surface area contributed by atoms with Gasteiger partial charge in [-0.3, -0.25) is 9.59 Å². The largest absolute Gasteiger partial charge is 0.490 e. The van der Waals surface area contributed by atoms with Crippen LogP contribution in [-0.4, -0.2) is 24.0 Å². The summed E-state index contributed by atoms with van der Waals surface area (Å²) in [6.07, 6.45) is 0.872. The Labute approximate surface area is 203 Å². The highest BCUT2D eigenvalue weighted by molar-refractivity contribution is 5.99. The number of para-hydroxylation sites is 1. The van der Waals surface area contributed by atoms with Crippen LogP contribution in [0, 0.1) is 0 Å². The highest BCUT2D eigenvalue weighted by Gasteiger charge is 2.43. The molecule has 178 valence electrons. The van der Waals surface area contributed by atoms with Crippen LogP contribution < -0.4 is 14.9 Å². The molecule has 0 radical (unpaired) electrons. The van der Waals surface area contributed by atoms with Gasteiger partial charge in [0.25, 0.3) is 5.91 Å². The van der Waals surface area contributed by atoms with Gasteiger partial charge in [0.1, 0.15) is 5.58 Å². The minimum atomic E-state index is -0.613. The van der Waals surface area contributed by atoms with Gasteiger partial charge in [-0.1, -0.05) is 55.5 Å². The molecule has 0 spiro atoms. The van der Waals surface area contributed by atoms with Crippen LogP contribution in [0.15, 0.2) is 82.0 Å². The SMILES string of the molecule is CCCOc1ccc(C2c3c(oc4ccccc4c3=O)C(=O)N2Cc2ccccc2)cc1OCC. The van der Waals surface area contributed by atoms with Gasteiger partial charge < -0.3 is 18.8 Å². The molecule has 0 fully saturated rings. The molecule has 1 aromatic heterocycles. The van der Waals surface area contributed by atoms with Gasteiger partial charge in [-0.15, -0.1) is 0 Å². The lowest BCUT2D eigenvalue weighted by atomic mass is 9.97. The zero-order valence-corrected chi connectivity index (χ0v) is 19.8. The van der Waals surface area contributed by atoms with Gasteiger partial charge in [0.05, 0.1) is 30.2 Å². The standard InChI is InChI=1S/C29H27NO5/c1-3-16-34-23-15-14-20(17-24(23)33-4-2)26-25-27(31)21-12-8-9-13-22(21)35-28(25)29(32)30(26)18-19-10-6-5-7-11-19/h5-15,17,26H,3-4,16,18H2,1-2H3. The Morgan fingerprint density at radius 2 is 1.66 bits per heavy atom. The minimum absolute atomic E-state index is 0.0962. The summed E-state index contributed by atoms with van der Waals surface area (Å²) in [5, 5.41) is 0.457. The van der Waals surface area contributed by atoms with Gasteiger partial charge >= 0.3 is 0 Å². The van der Waals surface area contributed by atoms with Gasteiger partial charge in [-0.25, -0.2) is 0 Å². The maximum absolute atomic E-state index is 13.7. The van der Waals surface area contributed by atoms with E-state index in [9.17, 15) is 9.59 Å². The molecule has 0 bridgehead atoms. The van der Waals surface area contributed by atoms with Crippen molar-refractivity contribution in [2.45, 2.75) is 32.9 Å². The van der Waals surface area contributed by atoms with E-state index in [2.05, 4.69) is 0 Å². The molecule has 6 heteroatoms. The summed E-state index contributed by atoms with van der Waals surface area (Å²) >= 11 is 0. The average molecular weight is 470 g/mol. The number of carbonyl (C=O) groups is 1. The number of carbonyl (C=O) groups excluding carboxylic acids is 1. The van der Waals surface area contributed by atoms with Crippen molar-refractivity contribution in [2.24, 2.45) is 0 Å². The van der Waals surface area contributed by atoms with E-state index in [-0.39, 0.29) is 17.1 Å². The average Bonchev–Trinajstić information content (AvgIpc) is 3.15. The normalized spacial score (nSPS) is 14.9. The third-order valence-electron chi connectivity index (χ3n) is 6.11. The second-order valence-electron chi connectivity index (χ2n) is 8.48. The molecule has 6 nitrogen and oxygen atoms in total. The third kappa shape index (κ3) is 4.16. The minimum Gasteiger partial charge on any atom is -0.490 e. The van der Waals surface area contributed by atoms with E-state index in [1.807, 2.05) is 62.4 Å². The second-order valence-corrected chi connectivity index (χ2v) is 8.48. The van der Waals surface area contributed by atoms with Crippen molar-refractivity contribution in [3.05, 3.63) is 105 Å². The predicted molar refractivity (Wildman–Crippen MR) is 134 cm³/mol. The summed E-state index contributed by atoms with van der Waals surface area (Å²) < 4.78 is 17.8. The molecule has 1 aliphatic rings. The first-order valence-corrected chi connectivity index (χ1v) is 11.9. The Kier molecular flexibility index (Phi) is 6.27. The summed E-state index contributed by atoms with van der Waals surface area (Å²) in [4.78, 5) is 29.0. The molecule has 0 N–H and O–H groups in total. The van der Waals surface area contributed by atoms with Crippen LogP contribution in [0.3, 0.4) is 0 Å². The van der Waals surface area contributed by atoms with Crippen LogP contribution >= 0.6 is 0 Å². The maximum atomic E-state index is 13.7. The van der Waals surface area contributed by atoms with Crippen LogP contribution in [0.5, 0.6) is 11.5 Å². The Morgan fingerprint density at radius 3 is 2.43 bits per heavy atom. The van der Waals surface area contributed by atoms with Crippen LogP contribution in [0.25, 0.3) is 11.0 Å². The van der Waals surface area contributed by atoms with E-state index >= 15 is 0 Å². The lowest BCUT2D eigenvalue weighted by Gasteiger charge is -2.26. The third-order valence-corrected chi connectivity index (χ3v) is 6.11. The quantitative estimate of drug-likeness (QED) is 0.330. The first-order chi connectivity index (χ1) is 17.1. The zero-order valence-electron chi connectivity index (χ0n) is 19.8. The maximum Gasteiger partial charge on any atom is 0.291 e. The second kappa shape index (κ2) is 9.66. The molecule has 0 saturated heterocycles. The van der Waals surface area contributed by atoms with Crippen LogP contribution in [0.2, 0.25) is 0 Å². The Morgan fingerprint density at radius 1 is 0.886 bits per heavy atom. The molecule has 1 aliphatic heterocycles. The monoisotopic (exact) mass is 469 g/mol. The molecule has 1 unspecified atom stereocenters. The van der Waals surface area contributed by atoms with Gasteiger partial charge in [0.2, 0.25) is 5.76 Å². The van der Waals surface area contributed by atoms with Crippen molar-refractivity contribution in [3.63, 3.8) is 0 Å². The lowest BCUT2D eigenvalue weighted by Crippen LogP contribution is -2.29. The number of fused-ring (bicyclic) bond motifs is 2. The first kappa shape index (κ1) is 22.7. The molecule has 1 atom stereocenters. The van der Waals surface area contributed by atoms with Gasteiger partial charge in [-0.05, 0) is 48.7 Å². The molecular formula is C29H27NO5. The number of hydrogen-bond acceptors (Lipinski definition) is 5. The van der Waals surface area contributed by atoms with Crippen LogP contribution in [0.4, 0.5) is 0 Å². The van der Waals surface area contributed by atoms with Gasteiger partial charge in [0, 0.05) is 6.54 Å². The van der Waals surface area contributed by atoms with Crippen molar-refractivity contribution in [1.29, 1.82) is 0 Å². The van der Waals surface area contributed by atoms with Crippen molar-refractivity contribution in [2.75, 3.05) is 13.2 Å². The summed E-state index contributed by atoms with van der Waals surface area (Å²) in [6, 6.07) is 21.8. The zero-order chi connectivity index (χ0) is 24.4. The molecule has 2 heterocycles. The van der Waals surface area contributed by atoms with Crippen LogP contribution in [0.1, 0.15) is 53.6 Å². The number of benzene rings is 3. The van der Waals surface area contributed by atoms with Crippen molar-refractivity contribution in [3.8, 4) is 11.5 Å². The number of amides is 1. The smallest absolute Gasteiger partial charge is 0.291 e. The molecule has 0 aliphatic carbocycles. The fourth-order valence-electron chi connectivity index (χ4n) is 4.55. The number of ether oxygens (including phenoxy) is 2. The summed E-state index contributed by atoms with van der Waals surface area (Å²) in [5.74, 6) is 1.02. The lowest BCUT2D eigenvalue weighted by molar-refractivity contribution is 0.0714. The molecule has 1 amide bonds. The summed E-state index contributed by atoms with van der Waals surface area (Å²) in [6.45, 7) is 5.32. The van der Waals surface area contributed by atoms with Gasteiger partial charge in [-0.2, -0.15) is 0 Å². The van der Waals surface area contributed by atoms with Crippen molar-refractivity contribution >= 4 is 16.9 Å². The van der Waals surface area contributed by atoms with E-state index in [4.69, 9.17) is 13.9 Å². The molecular weight excluding hydrogens is 442 g/mol. The van der Waals surface area contributed by atoms with Crippen LogP contribution in [-0.2, 0) is 6.54 Å². The molecule has 4 aromatic rings. The molecule has 35 heavy (non-hydrogen) atoms. The first-order valence-electron chi connectivity index (χ1n) is 11.9. The van der Waals surface area contributed by atoms with E-state index in [0.717, 1.165) is 17.5 Å². The van der Waals surface area contributed by atoms with E-state index in [0.29, 0.717) is 47.8 Å². The van der Waals surface area contributed by atoms with Gasteiger partial charge in [0.15, 0.2) is 16.9 Å². The highest BCUT2D eigenvalue weighted by atomic mass is 16.5. The van der Waals surface area contributed by atoms with E-state index in [1.165, 1.54) is 0 Å². The fraction of sp³-hybridized carbons (Fsp3) is 0.241. The van der Waals surface area contributed by atoms with E-state index < -0.39 is 6.04 Å². The number of hydrogen-bond donors (Lipinski definition) is 0. The Bertz CT molecular complexity index is 1430. The number of nitrogens with zero attached hydrogens (tertiary/aromatic N) is 1. The van der Waals surface area contributed by atoms with E-state index in [1.54, 1.807) is 29.2 Å². The Hall–Kier alpha value is -4.06. The van der Waals surface area contributed by atoms with Crippen molar-refractivity contribution in [1.82, 2.24) is 4.90 Å².